The third-order valence-electron chi connectivity index (χ3n) is 5.56. The summed E-state index contributed by atoms with van der Waals surface area (Å²) in [5, 5.41) is 0. The molecular formula is C24H30N4O5S. The van der Waals surface area contributed by atoms with Crippen LogP contribution in [0.15, 0.2) is 59.8 Å². The lowest BCUT2D eigenvalue weighted by molar-refractivity contribution is 0.0773. The topological polar surface area (TPSA) is 103 Å². The van der Waals surface area contributed by atoms with Crippen LogP contribution in [0.2, 0.25) is 0 Å². The Balaban J connectivity index is 1.98. The summed E-state index contributed by atoms with van der Waals surface area (Å²) >= 11 is 0. The number of rotatable bonds is 10. The normalized spacial score (nSPS) is 12.3. The van der Waals surface area contributed by atoms with Gasteiger partial charge in [0.2, 0.25) is 10.0 Å². The second-order valence-corrected chi connectivity index (χ2v) is 9.31. The van der Waals surface area contributed by atoms with Crippen LogP contribution in [0.4, 0.5) is 0 Å². The summed E-state index contributed by atoms with van der Waals surface area (Å²) in [6, 6.07) is 10.3. The van der Waals surface area contributed by atoms with Crippen molar-refractivity contribution in [2.24, 2.45) is 7.05 Å². The highest BCUT2D eigenvalue weighted by Crippen LogP contribution is 2.30. The summed E-state index contributed by atoms with van der Waals surface area (Å²) in [6.07, 6.45) is 3.34. The third-order valence-corrected chi connectivity index (χ3v) is 7.00. The molecule has 0 aliphatic rings. The standard InChI is InChI=1S/C24H30N4O5S/c1-6-28(7-2)24(29)17-8-10-21(11-9-17)34(30,31)26-22(23-25-12-13-27(23)3)18-14-19(32-4)16-20(15-18)33-5/h8-16,22,26H,6-7H2,1-5H3. The molecule has 1 amide bonds. The lowest BCUT2D eigenvalue weighted by Crippen LogP contribution is -2.32. The van der Waals surface area contributed by atoms with Crippen LogP contribution in [0.3, 0.4) is 0 Å². The van der Waals surface area contributed by atoms with Gasteiger partial charge in [0, 0.05) is 44.2 Å². The SMILES string of the molecule is CCN(CC)C(=O)c1ccc(S(=O)(=O)NC(c2cc(OC)cc(OC)c2)c2nccn2C)cc1. The summed E-state index contributed by atoms with van der Waals surface area (Å²) in [7, 11) is 0.868. The minimum absolute atomic E-state index is 0.0395. The van der Waals surface area contributed by atoms with Gasteiger partial charge in [0.1, 0.15) is 23.4 Å². The molecule has 1 atom stereocenters. The van der Waals surface area contributed by atoms with Gasteiger partial charge >= 0.3 is 0 Å². The Kier molecular flexibility index (Phi) is 7.95. The van der Waals surface area contributed by atoms with Crippen LogP contribution < -0.4 is 14.2 Å². The van der Waals surface area contributed by atoms with Gasteiger partial charge in [0.05, 0.1) is 19.1 Å². The molecular weight excluding hydrogens is 456 g/mol. The van der Waals surface area contributed by atoms with Crippen LogP contribution in [-0.4, -0.2) is 56.1 Å². The number of amides is 1. The summed E-state index contributed by atoms with van der Waals surface area (Å²) < 4.78 is 41.9. The molecule has 3 aromatic rings. The van der Waals surface area contributed by atoms with E-state index in [1.807, 2.05) is 13.8 Å². The zero-order chi connectivity index (χ0) is 24.9. The second kappa shape index (κ2) is 10.7. The van der Waals surface area contributed by atoms with E-state index < -0.39 is 16.1 Å². The van der Waals surface area contributed by atoms with Crippen LogP contribution in [0.5, 0.6) is 11.5 Å². The summed E-state index contributed by atoms with van der Waals surface area (Å²) in [5.74, 6) is 1.39. The number of methoxy groups -OCH3 is 2. The Morgan fingerprint density at radius 1 is 1.06 bits per heavy atom. The molecule has 0 saturated heterocycles. The van der Waals surface area contributed by atoms with E-state index in [2.05, 4.69) is 9.71 Å². The van der Waals surface area contributed by atoms with Crippen molar-refractivity contribution in [3.63, 3.8) is 0 Å². The van der Waals surface area contributed by atoms with Crippen molar-refractivity contribution < 1.29 is 22.7 Å². The maximum atomic E-state index is 13.4. The van der Waals surface area contributed by atoms with Crippen molar-refractivity contribution in [1.29, 1.82) is 0 Å². The van der Waals surface area contributed by atoms with Crippen LogP contribution in [-0.2, 0) is 17.1 Å². The molecule has 34 heavy (non-hydrogen) atoms. The molecule has 0 spiro atoms. The molecule has 9 nitrogen and oxygen atoms in total. The van der Waals surface area contributed by atoms with Crippen molar-refractivity contribution in [3.8, 4) is 11.5 Å². The maximum Gasteiger partial charge on any atom is 0.253 e. The van der Waals surface area contributed by atoms with Crippen LogP contribution >= 0.6 is 0 Å². The molecule has 1 N–H and O–H groups in total. The van der Waals surface area contributed by atoms with Crippen molar-refractivity contribution in [3.05, 3.63) is 71.8 Å². The molecule has 1 heterocycles. The first-order valence-electron chi connectivity index (χ1n) is 10.9. The Labute approximate surface area is 200 Å². The van der Waals surface area contributed by atoms with E-state index in [4.69, 9.17) is 9.47 Å². The lowest BCUT2D eigenvalue weighted by atomic mass is 10.1. The van der Waals surface area contributed by atoms with E-state index in [1.165, 1.54) is 38.5 Å². The Bertz CT molecular complexity index is 1210. The maximum absolute atomic E-state index is 13.4. The fraction of sp³-hybridized carbons (Fsp3) is 0.333. The minimum atomic E-state index is -3.97. The number of aryl methyl sites for hydroxylation is 1. The second-order valence-electron chi connectivity index (χ2n) is 7.60. The van der Waals surface area contributed by atoms with Gasteiger partial charge in [0.25, 0.3) is 5.91 Å². The predicted molar refractivity (Wildman–Crippen MR) is 129 cm³/mol. The Morgan fingerprint density at radius 3 is 2.12 bits per heavy atom. The van der Waals surface area contributed by atoms with Crippen molar-refractivity contribution in [2.45, 2.75) is 24.8 Å². The predicted octanol–water partition coefficient (Wildman–Crippen LogP) is 2.99. The fourth-order valence-electron chi connectivity index (χ4n) is 3.61. The fourth-order valence-corrected chi connectivity index (χ4v) is 4.80. The van der Waals surface area contributed by atoms with E-state index in [0.29, 0.717) is 41.5 Å². The molecule has 1 unspecified atom stereocenters. The van der Waals surface area contributed by atoms with Gasteiger partial charge in [0.15, 0.2) is 0 Å². The molecule has 2 aromatic carbocycles. The number of ether oxygens (including phenoxy) is 2. The smallest absolute Gasteiger partial charge is 0.253 e. The van der Waals surface area contributed by atoms with Crippen molar-refractivity contribution in [2.75, 3.05) is 27.3 Å². The van der Waals surface area contributed by atoms with Crippen LogP contribution in [0.1, 0.15) is 41.6 Å². The Morgan fingerprint density at radius 2 is 1.65 bits per heavy atom. The summed E-state index contributed by atoms with van der Waals surface area (Å²) in [4.78, 5) is 18.6. The molecule has 10 heteroatoms. The first kappa shape index (κ1) is 25.3. The number of benzene rings is 2. The number of nitrogens with zero attached hydrogens (tertiary/aromatic N) is 3. The number of imidazole rings is 1. The molecule has 0 aliphatic carbocycles. The zero-order valence-electron chi connectivity index (χ0n) is 20.0. The van der Waals surface area contributed by atoms with Crippen LogP contribution in [0, 0.1) is 0 Å². The Hall–Kier alpha value is -3.37. The number of carbonyl (C=O) groups is 1. The number of sulfonamides is 1. The third kappa shape index (κ3) is 5.40. The van der Waals surface area contributed by atoms with Gasteiger partial charge in [-0.3, -0.25) is 4.79 Å². The summed E-state index contributed by atoms with van der Waals surface area (Å²) in [6.45, 7) is 4.95. The quantitative estimate of drug-likeness (QED) is 0.473. The number of aromatic nitrogens is 2. The molecule has 1 aromatic heterocycles. The highest BCUT2D eigenvalue weighted by molar-refractivity contribution is 7.89. The number of hydrogen-bond donors (Lipinski definition) is 1. The lowest BCUT2D eigenvalue weighted by Gasteiger charge is -2.21. The first-order valence-corrected chi connectivity index (χ1v) is 12.3. The minimum Gasteiger partial charge on any atom is -0.497 e. The zero-order valence-corrected chi connectivity index (χ0v) is 20.8. The first-order chi connectivity index (χ1) is 16.2. The monoisotopic (exact) mass is 486 g/mol. The van der Waals surface area contributed by atoms with Gasteiger partial charge in [-0.2, -0.15) is 4.72 Å². The average Bonchev–Trinajstić information content (AvgIpc) is 3.28. The molecule has 0 radical (unpaired) electrons. The number of carbonyl (C=O) groups excluding carboxylic acids is 1. The number of nitrogens with one attached hydrogen (secondary N) is 1. The molecule has 0 fully saturated rings. The highest BCUT2D eigenvalue weighted by Gasteiger charge is 2.27. The van der Waals surface area contributed by atoms with Gasteiger partial charge < -0.3 is 18.9 Å². The van der Waals surface area contributed by atoms with Crippen molar-refractivity contribution >= 4 is 15.9 Å². The van der Waals surface area contributed by atoms with E-state index in [9.17, 15) is 13.2 Å². The van der Waals surface area contributed by atoms with Gasteiger partial charge in [-0.25, -0.2) is 13.4 Å². The van der Waals surface area contributed by atoms with Crippen LogP contribution in [0.25, 0.3) is 0 Å². The van der Waals surface area contributed by atoms with Crippen molar-refractivity contribution in [1.82, 2.24) is 19.2 Å². The molecule has 0 saturated carbocycles. The summed E-state index contributed by atoms with van der Waals surface area (Å²) in [5.41, 5.74) is 1.03. The average molecular weight is 487 g/mol. The molecule has 3 rings (SSSR count). The molecule has 0 bridgehead atoms. The van der Waals surface area contributed by atoms with Gasteiger partial charge in [-0.1, -0.05) is 0 Å². The molecule has 0 aliphatic heterocycles. The van der Waals surface area contributed by atoms with E-state index in [0.717, 1.165) is 0 Å². The highest BCUT2D eigenvalue weighted by atomic mass is 32.2. The van der Waals surface area contributed by atoms with E-state index in [1.54, 1.807) is 47.1 Å². The molecule has 182 valence electrons. The van der Waals surface area contributed by atoms with Gasteiger partial charge in [-0.05, 0) is 55.8 Å². The van der Waals surface area contributed by atoms with E-state index in [-0.39, 0.29) is 10.8 Å². The van der Waals surface area contributed by atoms with E-state index >= 15 is 0 Å². The van der Waals surface area contributed by atoms with Gasteiger partial charge in [-0.15, -0.1) is 0 Å². The number of hydrogen-bond acceptors (Lipinski definition) is 6. The largest absolute Gasteiger partial charge is 0.497 e.